The van der Waals surface area contributed by atoms with Gasteiger partial charge in [-0.2, -0.15) is 0 Å². The first-order valence-corrected chi connectivity index (χ1v) is 8.55. The van der Waals surface area contributed by atoms with Crippen LogP contribution in [0.1, 0.15) is 18.4 Å². The summed E-state index contributed by atoms with van der Waals surface area (Å²) in [4.78, 5) is 23.3. The second kappa shape index (κ2) is 6.93. The smallest absolute Gasteiger partial charge is 0.250 e. The summed E-state index contributed by atoms with van der Waals surface area (Å²) >= 11 is 0. The lowest BCUT2D eigenvalue weighted by atomic mass is 10.0. The topological polar surface area (TPSA) is 67.4 Å². The molecule has 25 heavy (non-hydrogen) atoms. The lowest BCUT2D eigenvalue weighted by molar-refractivity contribution is -0.118. The fraction of sp³-hybridized carbons (Fsp3) is 0.316. The Hall–Kier alpha value is -2.89. The summed E-state index contributed by atoms with van der Waals surface area (Å²) in [6.45, 7) is 1.94. The Morgan fingerprint density at radius 3 is 2.92 bits per heavy atom. The van der Waals surface area contributed by atoms with Crippen molar-refractivity contribution < 1.29 is 9.53 Å². The third kappa shape index (κ3) is 3.47. The van der Waals surface area contributed by atoms with Gasteiger partial charge in [0.25, 0.3) is 5.91 Å². The second-order valence-electron chi connectivity index (χ2n) is 6.30. The van der Waals surface area contributed by atoms with Crippen molar-refractivity contribution in [3.05, 3.63) is 53.9 Å². The summed E-state index contributed by atoms with van der Waals surface area (Å²) in [5.74, 6) is 1.48. The number of hydrogen-bond donors (Lipinski definition) is 1. The quantitative estimate of drug-likeness (QED) is 0.929. The molecule has 1 amide bonds. The lowest BCUT2D eigenvalue weighted by Crippen LogP contribution is -2.49. The van der Waals surface area contributed by atoms with E-state index in [1.54, 1.807) is 18.5 Å². The third-order valence-corrected chi connectivity index (χ3v) is 4.52. The van der Waals surface area contributed by atoms with E-state index in [4.69, 9.17) is 4.74 Å². The number of piperidine rings is 1. The molecule has 0 saturated carbocycles. The van der Waals surface area contributed by atoms with E-state index < -0.39 is 0 Å². The minimum atomic E-state index is -0.0599. The van der Waals surface area contributed by atoms with E-state index in [2.05, 4.69) is 20.2 Å². The van der Waals surface area contributed by atoms with Crippen LogP contribution in [-0.4, -0.2) is 41.6 Å². The molecule has 1 N–H and O–H groups in total. The zero-order valence-corrected chi connectivity index (χ0v) is 13.9. The third-order valence-electron chi connectivity index (χ3n) is 4.52. The SMILES string of the molecule is O=C(NC1CCCN(c2ncccn2)C1)C1=Cc2ccccc2OC1. The van der Waals surface area contributed by atoms with E-state index in [0.29, 0.717) is 12.2 Å². The number of aromatic nitrogens is 2. The van der Waals surface area contributed by atoms with Gasteiger partial charge in [-0.25, -0.2) is 9.97 Å². The van der Waals surface area contributed by atoms with Crippen molar-refractivity contribution in [2.75, 3.05) is 24.6 Å². The van der Waals surface area contributed by atoms with Crippen LogP contribution in [0.4, 0.5) is 5.95 Å². The zero-order chi connectivity index (χ0) is 17.1. The highest BCUT2D eigenvalue weighted by molar-refractivity contribution is 5.99. The van der Waals surface area contributed by atoms with Gasteiger partial charge in [0.05, 0.1) is 5.57 Å². The summed E-state index contributed by atoms with van der Waals surface area (Å²) in [5, 5.41) is 3.13. The predicted molar refractivity (Wildman–Crippen MR) is 95.3 cm³/mol. The number of amides is 1. The van der Waals surface area contributed by atoms with Crippen molar-refractivity contribution >= 4 is 17.9 Å². The summed E-state index contributed by atoms with van der Waals surface area (Å²) in [7, 11) is 0. The number of nitrogens with one attached hydrogen (secondary N) is 1. The highest BCUT2D eigenvalue weighted by Crippen LogP contribution is 2.26. The molecule has 4 rings (SSSR count). The fourth-order valence-electron chi connectivity index (χ4n) is 3.26. The molecule has 6 nitrogen and oxygen atoms in total. The van der Waals surface area contributed by atoms with Crippen LogP contribution in [0.5, 0.6) is 5.75 Å². The molecule has 2 aliphatic rings. The van der Waals surface area contributed by atoms with Crippen LogP contribution in [0.3, 0.4) is 0 Å². The molecule has 1 aromatic heterocycles. The van der Waals surface area contributed by atoms with Crippen molar-refractivity contribution in [1.82, 2.24) is 15.3 Å². The summed E-state index contributed by atoms with van der Waals surface area (Å²) < 4.78 is 5.68. The first kappa shape index (κ1) is 15.6. The largest absolute Gasteiger partial charge is 0.488 e. The van der Waals surface area contributed by atoms with Gasteiger partial charge in [0.15, 0.2) is 0 Å². The highest BCUT2D eigenvalue weighted by atomic mass is 16.5. The number of anilines is 1. The van der Waals surface area contributed by atoms with Crippen LogP contribution in [0.2, 0.25) is 0 Å². The van der Waals surface area contributed by atoms with Crippen LogP contribution in [-0.2, 0) is 4.79 Å². The molecule has 2 aromatic rings. The number of rotatable bonds is 3. The van der Waals surface area contributed by atoms with E-state index >= 15 is 0 Å². The monoisotopic (exact) mass is 336 g/mol. The molecule has 1 fully saturated rings. The van der Waals surface area contributed by atoms with E-state index in [9.17, 15) is 4.79 Å². The molecule has 3 heterocycles. The van der Waals surface area contributed by atoms with Gasteiger partial charge in [-0.3, -0.25) is 4.79 Å². The van der Waals surface area contributed by atoms with Gasteiger partial charge in [0, 0.05) is 37.1 Å². The lowest BCUT2D eigenvalue weighted by Gasteiger charge is -2.33. The maximum atomic E-state index is 12.6. The molecular weight excluding hydrogens is 316 g/mol. The number of hydrogen-bond acceptors (Lipinski definition) is 5. The molecule has 1 saturated heterocycles. The van der Waals surface area contributed by atoms with Gasteiger partial charge < -0.3 is 15.0 Å². The predicted octanol–water partition coefficient (Wildman–Crippen LogP) is 2.04. The van der Waals surface area contributed by atoms with Crippen LogP contribution in [0, 0.1) is 0 Å². The summed E-state index contributed by atoms with van der Waals surface area (Å²) in [6.07, 6.45) is 7.36. The van der Waals surface area contributed by atoms with Crippen molar-refractivity contribution in [1.29, 1.82) is 0 Å². The van der Waals surface area contributed by atoms with Gasteiger partial charge in [-0.1, -0.05) is 18.2 Å². The van der Waals surface area contributed by atoms with Crippen molar-refractivity contribution in [2.24, 2.45) is 0 Å². The molecule has 1 unspecified atom stereocenters. The number of fused-ring (bicyclic) bond motifs is 1. The van der Waals surface area contributed by atoms with Gasteiger partial charge in [0.1, 0.15) is 12.4 Å². The Balaban J connectivity index is 1.42. The van der Waals surface area contributed by atoms with E-state index in [-0.39, 0.29) is 11.9 Å². The Bertz CT molecular complexity index is 791. The van der Waals surface area contributed by atoms with Crippen LogP contribution in [0.15, 0.2) is 48.3 Å². The highest BCUT2D eigenvalue weighted by Gasteiger charge is 2.25. The number of ether oxygens (including phenoxy) is 1. The maximum absolute atomic E-state index is 12.6. The number of carbonyl (C=O) groups excluding carboxylic acids is 1. The molecule has 2 aliphatic heterocycles. The fourth-order valence-corrected chi connectivity index (χ4v) is 3.26. The number of carbonyl (C=O) groups is 1. The standard InChI is InChI=1S/C19H20N4O2/c24-18(15-11-14-5-1-2-7-17(14)25-13-15)22-16-6-3-10-23(12-16)19-20-8-4-9-21-19/h1-2,4-5,7-9,11,16H,3,6,10,12-13H2,(H,22,24). The molecule has 1 atom stereocenters. The maximum Gasteiger partial charge on any atom is 0.250 e. The summed E-state index contributed by atoms with van der Waals surface area (Å²) in [6, 6.07) is 9.64. The van der Waals surface area contributed by atoms with E-state index in [1.807, 2.05) is 30.3 Å². The molecular formula is C19H20N4O2. The first-order chi connectivity index (χ1) is 12.3. The zero-order valence-electron chi connectivity index (χ0n) is 13.9. The summed E-state index contributed by atoms with van der Waals surface area (Å²) in [5.41, 5.74) is 1.61. The molecule has 6 heteroatoms. The first-order valence-electron chi connectivity index (χ1n) is 8.55. The Morgan fingerprint density at radius 1 is 1.20 bits per heavy atom. The average molecular weight is 336 g/mol. The molecule has 0 aliphatic carbocycles. The molecule has 0 bridgehead atoms. The van der Waals surface area contributed by atoms with Gasteiger partial charge >= 0.3 is 0 Å². The average Bonchev–Trinajstić information content (AvgIpc) is 2.68. The Kier molecular flexibility index (Phi) is 4.33. The molecule has 0 spiro atoms. The van der Waals surface area contributed by atoms with Crippen molar-refractivity contribution in [2.45, 2.75) is 18.9 Å². The van der Waals surface area contributed by atoms with Crippen molar-refractivity contribution in [3.63, 3.8) is 0 Å². The molecule has 1 aromatic carbocycles. The number of nitrogens with zero attached hydrogens (tertiary/aromatic N) is 3. The number of benzene rings is 1. The van der Waals surface area contributed by atoms with Crippen LogP contribution < -0.4 is 15.0 Å². The van der Waals surface area contributed by atoms with Crippen LogP contribution >= 0.6 is 0 Å². The number of para-hydroxylation sites is 1. The van der Waals surface area contributed by atoms with E-state index in [0.717, 1.165) is 43.2 Å². The molecule has 0 radical (unpaired) electrons. The normalized spacial score (nSPS) is 19.4. The van der Waals surface area contributed by atoms with E-state index in [1.165, 1.54) is 0 Å². The Labute approximate surface area is 146 Å². The Morgan fingerprint density at radius 2 is 2.04 bits per heavy atom. The van der Waals surface area contributed by atoms with Gasteiger partial charge in [-0.05, 0) is 31.1 Å². The minimum absolute atomic E-state index is 0.0599. The minimum Gasteiger partial charge on any atom is -0.488 e. The van der Waals surface area contributed by atoms with Crippen molar-refractivity contribution in [3.8, 4) is 5.75 Å². The van der Waals surface area contributed by atoms with Crippen LogP contribution in [0.25, 0.3) is 6.08 Å². The van der Waals surface area contributed by atoms with Gasteiger partial charge in [-0.15, -0.1) is 0 Å². The molecule has 128 valence electrons. The van der Waals surface area contributed by atoms with Gasteiger partial charge in [0.2, 0.25) is 5.95 Å². The second-order valence-corrected chi connectivity index (χ2v) is 6.30.